The van der Waals surface area contributed by atoms with Gasteiger partial charge in [0.25, 0.3) is 0 Å². The molecule has 2 heterocycles. The SMILES string of the molecule is CCc1ccc(CCOc2ccc(Cc3sc(=O)n(COC(=O)C4CCC4)c3O)cc2)nc1. The lowest BCUT2D eigenvalue weighted by atomic mass is 9.86. The summed E-state index contributed by atoms with van der Waals surface area (Å²) in [5.74, 6) is 0.236. The van der Waals surface area contributed by atoms with Gasteiger partial charge in [0.1, 0.15) is 5.75 Å². The van der Waals surface area contributed by atoms with Crippen LogP contribution in [0.3, 0.4) is 0 Å². The van der Waals surface area contributed by atoms with Gasteiger partial charge in [-0.2, -0.15) is 0 Å². The minimum Gasteiger partial charge on any atom is -0.494 e. The zero-order chi connectivity index (χ0) is 23.2. The standard InChI is InChI=1S/C25H28N2O5S/c1-2-17-6-9-20(26-15-17)12-13-31-21-10-7-18(8-11-21)14-22-23(28)27(25(30)33-22)16-32-24(29)19-4-3-5-19/h6-11,15,19,28H,2-5,12-14,16H2,1H3. The number of hydrogen-bond donors (Lipinski definition) is 1. The number of thiazole rings is 1. The van der Waals surface area contributed by atoms with Gasteiger partial charge in [0.15, 0.2) is 6.73 Å². The van der Waals surface area contributed by atoms with E-state index in [4.69, 9.17) is 9.47 Å². The van der Waals surface area contributed by atoms with Crippen molar-refractivity contribution in [2.24, 2.45) is 5.92 Å². The van der Waals surface area contributed by atoms with Crippen molar-refractivity contribution in [2.75, 3.05) is 6.61 Å². The minimum absolute atomic E-state index is 0.0699. The van der Waals surface area contributed by atoms with Crippen LogP contribution in [-0.4, -0.2) is 27.2 Å². The fraction of sp³-hybridized carbons (Fsp3) is 0.400. The molecule has 0 spiro atoms. The molecule has 0 amide bonds. The van der Waals surface area contributed by atoms with Crippen molar-refractivity contribution in [1.82, 2.24) is 9.55 Å². The fourth-order valence-corrected chi connectivity index (χ4v) is 4.44. The Bertz CT molecular complexity index is 1130. The second-order valence-corrected chi connectivity index (χ2v) is 9.24. The largest absolute Gasteiger partial charge is 0.494 e. The zero-order valence-corrected chi connectivity index (χ0v) is 19.5. The van der Waals surface area contributed by atoms with Crippen LogP contribution in [0.1, 0.15) is 47.9 Å². The highest BCUT2D eigenvalue weighted by molar-refractivity contribution is 7.09. The van der Waals surface area contributed by atoms with E-state index in [2.05, 4.69) is 18.0 Å². The molecule has 1 aliphatic carbocycles. The Morgan fingerprint density at radius 3 is 2.58 bits per heavy atom. The van der Waals surface area contributed by atoms with E-state index in [1.807, 2.05) is 36.5 Å². The number of aromatic nitrogens is 2. The molecule has 7 nitrogen and oxygen atoms in total. The first-order valence-electron chi connectivity index (χ1n) is 11.3. The average molecular weight is 469 g/mol. The van der Waals surface area contributed by atoms with Crippen LogP contribution in [0.5, 0.6) is 11.6 Å². The molecular weight excluding hydrogens is 440 g/mol. The lowest BCUT2D eigenvalue weighted by molar-refractivity contribution is -0.155. The number of benzene rings is 1. The van der Waals surface area contributed by atoms with Crippen molar-refractivity contribution in [2.45, 2.75) is 52.2 Å². The van der Waals surface area contributed by atoms with Gasteiger partial charge < -0.3 is 14.6 Å². The smallest absolute Gasteiger partial charge is 0.313 e. The Balaban J connectivity index is 1.29. The van der Waals surface area contributed by atoms with Crippen LogP contribution in [0, 0.1) is 5.92 Å². The molecule has 0 bridgehead atoms. The van der Waals surface area contributed by atoms with Gasteiger partial charge >= 0.3 is 10.8 Å². The maximum Gasteiger partial charge on any atom is 0.313 e. The molecular formula is C25H28N2O5S. The van der Waals surface area contributed by atoms with E-state index < -0.39 is 0 Å². The van der Waals surface area contributed by atoms with Crippen LogP contribution in [0.15, 0.2) is 47.4 Å². The molecule has 0 atom stereocenters. The quantitative estimate of drug-likeness (QED) is 0.451. The molecule has 1 N–H and O–H groups in total. The summed E-state index contributed by atoms with van der Waals surface area (Å²) in [6.45, 7) is 2.39. The van der Waals surface area contributed by atoms with E-state index in [0.717, 1.165) is 65.0 Å². The van der Waals surface area contributed by atoms with Crippen LogP contribution < -0.4 is 9.61 Å². The maximum atomic E-state index is 12.2. The summed E-state index contributed by atoms with van der Waals surface area (Å²) in [4.78, 5) is 28.8. The fourth-order valence-electron chi connectivity index (χ4n) is 3.54. The molecule has 0 saturated heterocycles. The maximum absolute atomic E-state index is 12.2. The van der Waals surface area contributed by atoms with E-state index in [1.54, 1.807) is 0 Å². The number of aryl methyl sites for hydroxylation is 1. The minimum atomic E-state index is -0.343. The van der Waals surface area contributed by atoms with Crippen molar-refractivity contribution >= 4 is 17.3 Å². The van der Waals surface area contributed by atoms with E-state index in [1.165, 1.54) is 5.56 Å². The molecule has 174 valence electrons. The number of ether oxygens (including phenoxy) is 2. The Kier molecular flexibility index (Phi) is 7.44. The van der Waals surface area contributed by atoms with Gasteiger partial charge in [0.05, 0.1) is 17.4 Å². The van der Waals surface area contributed by atoms with Crippen LogP contribution >= 0.6 is 11.3 Å². The molecule has 1 fully saturated rings. The first kappa shape index (κ1) is 23.0. The van der Waals surface area contributed by atoms with Crippen LogP contribution in [0.25, 0.3) is 0 Å². The molecule has 8 heteroatoms. The second-order valence-electron chi connectivity index (χ2n) is 8.19. The van der Waals surface area contributed by atoms with Gasteiger partial charge in [-0.05, 0) is 48.6 Å². The first-order valence-corrected chi connectivity index (χ1v) is 12.1. The normalized spacial score (nSPS) is 13.5. The average Bonchev–Trinajstić information content (AvgIpc) is 3.05. The highest BCUT2D eigenvalue weighted by atomic mass is 32.1. The lowest BCUT2D eigenvalue weighted by Gasteiger charge is -2.23. The van der Waals surface area contributed by atoms with Gasteiger partial charge in [-0.15, -0.1) is 0 Å². The molecule has 1 aromatic carbocycles. The summed E-state index contributed by atoms with van der Waals surface area (Å²) in [6, 6.07) is 11.7. The van der Waals surface area contributed by atoms with Gasteiger partial charge in [-0.1, -0.05) is 42.9 Å². The van der Waals surface area contributed by atoms with Gasteiger partial charge in [-0.3, -0.25) is 14.6 Å². The van der Waals surface area contributed by atoms with Crippen LogP contribution in [-0.2, 0) is 35.5 Å². The molecule has 3 aromatic rings. The summed E-state index contributed by atoms with van der Waals surface area (Å²) >= 11 is 0.962. The monoisotopic (exact) mass is 468 g/mol. The zero-order valence-electron chi connectivity index (χ0n) is 18.7. The van der Waals surface area contributed by atoms with E-state index in [0.29, 0.717) is 17.9 Å². The number of nitrogens with zero attached hydrogens (tertiary/aromatic N) is 2. The Labute approximate surface area is 196 Å². The van der Waals surface area contributed by atoms with Crippen molar-refractivity contribution in [3.63, 3.8) is 0 Å². The third-order valence-electron chi connectivity index (χ3n) is 5.92. The molecule has 1 aliphatic rings. The first-order chi connectivity index (χ1) is 16.0. The number of esters is 1. The van der Waals surface area contributed by atoms with Crippen molar-refractivity contribution in [3.8, 4) is 11.6 Å². The summed E-state index contributed by atoms with van der Waals surface area (Å²) in [6.07, 6.45) is 6.70. The van der Waals surface area contributed by atoms with Crippen molar-refractivity contribution in [3.05, 3.63) is 74.0 Å². The Morgan fingerprint density at radius 2 is 1.94 bits per heavy atom. The highest BCUT2D eigenvalue weighted by Crippen LogP contribution is 2.28. The molecule has 0 unspecified atom stereocenters. The molecule has 0 aliphatic heterocycles. The summed E-state index contributed by atoms with van der Waals surface area (Å²) in [5, 5.41) is 10.5. The number of rotatable bonds is 10. The molecule has 0 radical (unpaired) electrons. The van der Waals surface area contributed by atoms with E-state index in [-0.39, 0.29) is 29.4 Å². The highest BCUT2D eigenvalue weighted by Gasteiger charge is 2.27. The van der Waals surface area contributed by atoms with Crippen molar-refractivity contribution < 1.29 is 19.4 Å². The number of carbonyl (C=O) groups excluding carboxylic acids is 1. The van der Waals surface area contributed by atoms with Crippen LogP contribution in [0.4, 0.5) is 0 Å². The molecule has 4 rings (SSSR count). The summed E-state index contributed by atoms with van der Waals surface area (Å²) in [5.41, 5.74) is 3.16. The molecule has 2 aromatic heterocycles. The van der Waals surface area contributed by atoms with Gasteiger partial charge in [-0.25, -0.2) is 4.57 Å². The third kappa shape index (κ3) is 5.82. The topological polar surface area (TPSA) is 90.7 Å². The lowest BCUT2D eigenvalue weighted by Crippen LogP contribution is -2.26. The predicted octanol–water partition coefficient (Wildman–Crippen LogP) is 4.09. The second kappa shape index (κ2) is 10.7. The molecule has 33 heavy (non-hydrogen) atoms. The van der Waals surface area contributed by atoms with E-state index >= 15 is 0 Å². The predicted molar refractivity (Wildman–Crippen MR) is 126 cm³/mol. The van der Waals surface area contributed by atoms with Crippen LogP contribution in [0.2, 0.25) is 0 Å². The van der Waals surface area contributed by atoms with Gasteiger partial charge in [0.2, 0.25) is 5.88 Å². The van der Waals surface area contributed by atoms with Gasteiger partial charge in [0, 0.05) is 24.7 Å². The van der Waals surface area contributed by atoms with Crippen molar-refractivity contribution in [1.29, 1.82) is 0 Å². The van der Waals surface area contributed by atoms with E-state index in [9.17, 15) is 14.7 Å². The Morgan fingerprint density at radius 1 is 1.18 bits per heavy atom. The number of aromatic hydroxyl groups is 1. The Hall–Kier alpha value is -3.13. The number of pyridine rings is 1. The molecule has 1 saturated carbocycles. The number of carbonyl (C=O) groups is 1. The summed E-state index contributed by atoms with van der Waals surface area (Å²) in [7, 11) is 0. The number of hydrogen-bond acceptors (Lipinski definition) is 7. The third-order valence-corrected chi connectivity index (χ3v) is 6.89. The summed E-state index contributed by atoms with van der Waals surface area (Å²) < 4.78 is 12.1.